The molecule has 0 fully saturated rings. The van der Waals surface area contributed by atoms with Crippen molar-refractivity contribution in [1.82, 2.24) is 0 Å². The summed E-state index contributed by atoms with van der Waals surface area (Å²) in [5.41, 5.74) is 23.6. The van der Waals surface area contributed by atoms with Crippen molar-refractivity contribution in [3.8, 4) is 33.4 Å². The van der Waals surface area contributed by atoms with Gasteiger partial charge < -0.3 is 18.5 Å². The van der Waals surface area contributed by atoms with Gasteiger partial charge in [-0.05, 0) is 127 Å². The zero-order chi connectivity index (χ0) is 48.4. The lowest BCUT2D eigenvalue weighted by atomic mass is 9.45. The zero-order valence-electron chi connectivity index (χ0n) is 42.3. The topological polar surface area (TPSA) is 32.8 Å². The monoisotopic (exact) mass is 910 g/mol. The van der Waals surface area contributed by atoms with Gasteiger partial charge in [-0.3, -0.25) is 0 Å². The van der Waals surface area contributed by atoms with Crippen LogP contribution < -0.4 is 20.8 Å². The van der Waals surface area contributed by atoms with Crippen LogP contribution in [0.2, 0.25) is 0 Å². The van der Waals surface area contributed by atoms with Gasteiger partial charge >= 0.3 is 6.85 Å². The number of furan rings is 2. The van der Waals surface area contributed by atoms with Gasteiger partial charge in [-0.1, -0.05) is 173 Å². The maximum atomic E-state index is 7.57. The fourth-order valence-corrected chi connectivity index (χ4v) is 12.1. The Labute approximate surface area is 412 Å². The molecular formula is C65H59BN2O2. The first-order chi connectivity index (χ1) is 33.4. The molecule has 2 aromatic heterocycles. The zero-order valence-corrected chi connectivity index (χ0v) is 42.3. The lowest BCUT2D eigenvalue weighted by molar-refractivity contribution is 0.590. The van der Waals surface area contributed by atoms with E-state index in [1.807, 2.05) is 0 Å². The second-order valence-corrected chi connectivity index (χ2v) is 23.8. The summed E-state index contributed by atoms with van der Waals surface area (Å²) in [5, 5.41) is 3.30. The first-order valence-corrected chi connectivity index (χ1v) is 25.1. The molecule has 10 aromatic rings. The standard InChI is InChI=1S/C65H59BN2O2/c1-62(2,3)39-25-29-42(30-26-39)68-53-37-51-46(43-21-15-17-23-50(43)65(51,10)11)35-48(53)57-58-54(36-47-44-22-16-18-24-55(44)69-60(47)57)67(52-31-27-40(63(4,5)6)33-45(52)38-19-13-12-14-20-38)59-49-34-41(64(7,8)9)28-32-56(49)70-61(59)66(58)68/h12-37H,1-11H3. The van der Waals surface area contributed by atoms with E-state index >= 15 is 0 Å². The number of hydrogen-bond acceptors (Lipinski definition) is 4. The molecule has 0 bridgehead atoms. The Hall–Kier alpha value is -7.24. The van der Waals surface area contributed by atoms with E-state index in [-0.39, 0.29) is 28.5 Å². The van der Waals surface area contributed by atoms with Crippen LogP contribution in [0.25, 0.3) is 66.3 Å². The van der Waals surface area contributed by atoms with Gasteiger partial charge in [0.2, 0.25) is 0 Å². The van der Waals surface area contributed by atoms with E-state index in [1.54, 1.807) is 0 Å². The lowest BCUT2D eigenvalue weighted by Gasteiger charge is -2.44. The quantitative estimate of drug-likeness (QED) is 0.165. The van der Waals surface area contributed by atoms with Crippen molar-refractivity contribution < 1.29 is 8.83 Å². The largest absolute Gasteiger partial charge is 0.466 e. The minimum atomic E-state index is -0.355. The van der Waals surface area contributed by atoms with Crippen molar-refractivity contribution in [3.63, 3.8) is 0 Å². The van der Waals surface area contributed by atoms with Gasteiger partial charge in [0.05, 0.1) is 11.4 Å². The molecule has 0 radical (unpaired) electrons. The van der Waals surface area contributed by atoms with E-state index in [0.717, 1.165) is 78.1 Å². The highest BCUT2D eigenvalue weighted by atomic mass is 16.3. The summed E-state index contributed by atoms with van der Waals surface area (Å²) in [6, 6.07) is 59.3. The van der Waals surface area contributed by atoms with Gasteiger partial charge in [-0.25, -0.2) is 0 Å². The van der Waals surface area contributed by atoms with Crippen LogP contribution in [0.4, 0.5) is 28.4 Å². The van der Waals surface area contributed by atoms with Gasteiger partial charge in [-0.2, -0.15) is 0 Å². The Kier molecular flexibility index (Phi) is 8.82. The smallest absolute Gasteiger partial charge is 0.376 e. The molecule has 1 aliphatic carbocycles. The molecule has 70 heavy (non-hydrogen) atoms. The van der Waals surface area contributed by atoms with Crippen molar-refractivity contribution in [3.05, 3.63) is 186 Å². The Morgan fingerprint density at radius 2 is 1.10 bits per heavy atom. The fraction of sp³-hybridized carbons (Fsp3) is 0.231. The number of anilines is 5. The van der Waals surface area contributed by atoms with Gasteiger partial charge in [-0.15, -0.1) is 0 Å². The normalized spacial score (nSPS) is 14.8. The van der Waals surface area contributed by atoms with Gasteiger partial charge in [0.15, 0.2) is 0 Å². The number of rotatable bonds is 3. The van der Waals surface area contributed by atoms with Crippen LogP contribution in [0.1, 0.15) is 104 Å². The Morgan fingerprint density at radius 3 is 1.84 bits per heavy atom. The van der Waals surface area contributed by atoms with Crippen molar-refractivity contribution >= 4 is 79.3 Å². The molecule has 4 heterocycles. The third-order valence-corrected chi connectivity index (χ3v) is 15.9. The first-order valence-electron chi connectivity index (χ1n) is 25.1. The Morgan fingerprint density at radius 1 is 0.457 bits per heavy atom. The number of benzene rings is 8. The highest BCUT2D eigenvalue weighted by Crippen LogP contribution is 2.57. The molecule has 0 atom stereocenters. The van der Waals surface area contributed by atoms with E-state index in [2.05, 4.69) is 244 Å². The molecule has 0 amide bonds. The molecule has 344 valence electrons. The molecule has 0 N–H and O–H groups in total. The van der Waals surface area contributed by atoms with E-state index in [4.69, 9.17) is 8.83 Å². The molecular weight excluding hydrogens is 852 g/mol. The van der Waals surface area contributed by atoms with Crippen LogP contribution >= 0.6 is 0 Å². The molecule has 8 aromatic carbocycles. The Bertz CT molecular complexity index is 3810. The molecule has 0 spiro atoms. The summed E-state index contributed by atoms with van der Waals surface area (Å²) in [6.45, 7) is 25.1. The van der Waals surface area contributed by atoms with Crippen molar-refractivity contribution in [2.24, 2.45) is 0 Å². The van der Waals surface area contributed by atoms with Crippen molar-refractivity contribution in [2.45, 2.75) is 97.8 Å². The predicted molar refractivity (Wildman–Crippen MR) is 296 cm³/mol. The average molecular weight is 911 g/mol. The number of para-hydroxylation sites is 1. The highest BCUT2D eigenvalue weighted by molar-refractivity contribution is 6.93. The fourth-order valence-electron chi connectivity index (χ4n) is 12.1. The maximum Gasteiger partial charge on any atom is 0.376 e. The molecule has 0 saturated heterocycles. The third-order valence-electron chi connectivity index (χ3n) is 15.9. The van der Waals surface area contributed by atoms with Crippen molar-refractivity contribution in [2.75, 3.05) is 9.71 Å². The third kappa shape index (κ3) is 6.09. The highest BCUT2D eigenvalue weighted by Gasteiger charge is 2.51. The number of fused-ring (bicyclic) bond motifs is 13. The second kappa shape index (κ2) is 14.4. The minimum absolute atomic E-state index is 0.0113. The van der Waals surface area contributed by atoms with Crippen LogP contribution in [0.5, 0.6) is 0 Å². The first kappa shape index (κ1) is 42.8. The predicted octanol–water partition coefficient (Wildman–Crippen LogP) is 16.9. The molecule has 0 saturated carbocycles. The maximum absolute atomic E-state index is 7.57. The number of hydrogen-bond donors (Lipinski definition) is 0. The summed E-state index contributed by atoms with van der Waals surface area (Å²) in [4.78, 5) is 5.17. The van der Waals surface area contributed by atoms with Gasteiger partial charge in [0, 0.05) is 55.3 Å². The number of nitrogens with zero attached hydrogens (tertiary/aromatic N) is 2. The minimum Gasteiger partial charge on any atom is -0.466 e. The molecule has 4 nitrogen and oxygen atoms in total. The molecule has 2 aliphatic heterocycles. The van der Waals surface area contributed by atoms with Crippen LogP contribution in [0, 0.1) is 0 Å². The Balaban J connectivity index is 1.23. The van der Waals surface area contributed by atoms with Gasteiger partial charge in [0.1, 0.15) is 22.4 Å². The summed E-state index contributed by atoms with van der Waals surface area (Å²) < 4.78 is 14.8. The summed E-state index contributed by atoms with van der Waals surface area (Å²) in [6.07, 6.45) is 0. The summed E-state index contributed by atoms with van der Waals surface area (Å²) >= 11 is 0. The van der Waals surface area contributed by atoms with E-state index in [0.29, 0.717) is 0 Å². The van der Waals surface area contributed by atoms with Gasteiger partial charge in [0.25, 0.3) is 0 Å². The second-order valence-electron chi connectivity index (χ2n) is 23.8. The van der Waals surface area contributed by atoms with Crippen LogP contribution in [0.15, 0.2) is 167 Å². The molecule has 3 aliphatic rings. The molecule has 13 rings (SSSR count). The molecule has 5 heteroatoms. The van der Waals surface area contributed by atoms with Crippen LogP contribution in [-0.4, -0.2) is 6.85 Å². The van der Waals surface area contributed by atoms with Crippen LogP contribution in [-0.2, 0) is 21.7 Å². The lowest BCUT2D eigenvalue weighted by Crippen LogP contribution is -2.61. The van der Waals surface area contributed by atoms with Crippen molar-refractivity contribution in [1.29, 1.82) is 0 Å². The average Bonchev–Trinajstić information content (AvgIpc) is 3.97. The summed E-state index contributed by atoms with van der Waals surface area (Å²) in [5.74, 6) is 0. The van der Waals surface area contributed by atoms with E-state index in [9.17, 15) is 0 Å². The van der Waals surface area contributed by atoms with E-state index in [1.165, 1.54) is 55.5 Å². The molecule has 0 unspecified atom stereocenters. The van der Waals surface area contributed by atoms with E-state index < -0.39 is 0 Å². The SMILES string of the molecule is CC(C)(C)c1ccc(N2B3c4oc5ccc(C(C)(C)C)cc5c4N(c4ccc(C(C)(C)C)cc4-c4ccccc4)c4cc5c(oc6ccccc65)c(c43)-c3cc4c(cc32)C(C)(C)c2ccccc2-4)cc1. The van der Waals surface area contributed by atoms with Crippen LogP contribution in [0.3, 0.4) is 0 Å². The summed E-state index contributed by atoms with van der Waals surface area (Å²) in [7, 11) is 0.